The van der Waals surface area contributed by atoms with Crippen LogP contribution in [0.15, 0.2) is 72.1 Å². The van der Waals surface area contributed by atoms with E-state index in [2.05, 4.69) is 16.6 Å². The van der Waals surface area contributed by atoms with E-state index in [0.29, 0.717) is 19.5 Å². The first-order chi connectivity index (χ1) is 15.8. The molecule has 8 heteroatoms. The molecule has 0 spiro atoms. The maximum atomic E-state index is 13.1. The van der Waals surface area contributed by atoms with Crippen LogP contribution < -0.4 is 10.0 Å². The van der Waals surface area contributed by atoms with E-state index in [0.717, 1.165) is 24.0 Å². The lowest BCUT2D eigenvalue weighted by Crippen LogP contribution is -2.47. The van der Waals surface area contributed by atoms with Crippen molar-refractivity contribution < 1.29 is 18.0 Å². The highest BCUT2D eigenvalue weighted by Crippen LogP contribution is 2.22. The quantitative estimate of drug-likeness (QED) is 0.467. The molecule has 2 amide bonds. The minimum Gasteiger partial charge on any atom is -0.351 e. The average molecular weight is 470 g/mol. The van der Waals surface area contributed by atoms with Crippen molar-refractivity contribution in [1.29, 1.82) is 0 Å². The highest BCUT2D eigenvalue weighted by molar-refractivity contribution is 7.89. The average Bonchev–Trinajstić information content (AvgIpc) is 3.63. The lowest BCUT2D eigenvalue weighted by Gasteiger charge is -2.29. The Bertz CT molecular complexity index is 1060. The molecule has 0 bridgehead atoms. The Labute approximate surface area is 195 Å². The van der Waals surface area contributed by atoms with Crippen LogP contribution in [0.2, 0.25) is 0 Å². The zero-order valence-electron chi connectivity index (χ0n) is 18.9. The predicted octanol–water partition coefficient (Wildman–Crippen LogP) is 2.78. The first kappa shape index (κ1) is 24.7. The number of nitrogens with zero attached hydrogens (tertiary/aromatic N) is 1. The molecule has 0 aliphatic heterocycles. The second-order valence-corrected chi connectivity index (χ2v) is 9.97. The first-order valence-electron chi connectivity index (χ1n) is 11.1. The molecule has 0 radical (unpaired) electrons. The summed E-state index contributed by atoms with van der Waals surface area (Å²) in [5, 5.41) is 2.75. The van der Waals surface area contributed by atoms with Gasteiger partial charge in [0.15, 0.2) is 0 Å². The Morgan fingerprint density at radius 2 is 1.76 bits per heavy atom. The van der Waals surface area contributed by atoms with Gasteiger partial charge < -0.3 is 10.2 Å². The van der Waals surface area contributed by atoms with E-state index in [4.69, 9.17) is 0 Å². The maximum Gasteiger partial charge on any atom is 0.242 e. The van der Waals surface area contributed by atoms with Gasteiger partial charge in [-0.3, -0.25) is 9.59 Å². The zero-order valence-corrected chi connectivity index (χ0v) is 19.7. The van der Waals surface area contributed by atoms with Gasteiger partial charge in [0, 0.05) is 25.6 Å². The largest absolute Gasteiger partial charge is 0.351 e. The van der Waals surface area contributed by atoms with Crippen molar-refractivity contribution in [2.45, 2.75) is 56.1 Å². The highest BCUT2D eigenvalue weighted by atomic mass is 32.2. The molecule has 0 unspecified atom stereocenters. The van der Waals surface area contributed by atoms with E-state index >= 15 is 0 Å². The summed E-state index contributed by atoms with van der Waals surface area (Å²) in [5.41, 5.74) is 1.80. The molecule has 1 saturated carbocycles. The van der Waals surface area contributed by atoms with Crippen LogP contribution >= 0.6 is 0 Å². The number of hydrogen-bond acceptors (Lipinski definition) is 4. The third kappa shape index (κ3) is 7.27. The zero-order chi connectivity index (χ0) is 23.8. The normalized spacial score (nSPS) is 14.3. The molecule has 1 atom stereocenters. The molecule has 2 aromatic rings. The van der Waals surface area contributed by atoms with Crippen molar-refractivity contribution in [1.82, 2.24) is 14.9 Å². The summed E-state index contributed by atoms with van der Waals surface area (Å²) in [6.07, 6.45) is 4.00. The standard InChI is InChI=1S/C25H31N3O4S/c1-3-17-26-25(30)19(2)28(18-21-7-5-4-6-8-21)24(29)16-11-20-9-14-23(15-10-20)33(31,32)27-22-12-13-22/h3-10,14-15,19,22,27H,1,11-13,16-18H2,2H3,(H,26,30)/t19-/m1/s1. The third-order valence-electron chi connectivity index (χ3n) is 5.54. The summed E-state index contributed by atoms with van der Waals surface area (Å²) in [5.74, 6) is -0.385. The molecule has 33 heavy (non-hydrogen) atoms. The molecule has 7 nitrogen and oxygen atoms in total. The molecular weight excluding hydrogens is 438 g/mol. The fourth-order valence-electron chi connectivity index (χ4n) is 3.40. The molecule has 1 fully saturated rings. The van der Waals surface area contributed by atoms with Gasteiger partial charge >= 0.3 is 0 Å². The summed E-state index contributed by atoms with van der Waals surface area (Å²) in [6, 6.07) is 15.5. The number of carbonyl (C=O) groups excluding carboxylic acids is 2. The number of benzene rings is 2. The van der Waals surface area contributed by atoms with E-state index in [9.17, 15) is 18.0 Å². The van der Waals surface area contributed by atoms with Gasteiger partial charge in [-0.15, -0.1) is 6.58 Å². The number of aryl methyl sites for hydroxylation is 1. The Morgan fingerprint density at radius 1 is 1.09 bits per heavy atom. The monoisotopic (exact) mass is 469 g/mol. The molecule has 2 aromatic carbocycles. The van der Waals surface area contributed by atoms with Crippen LogP contribution in [0.5, 0.6) is 0 Å². The number of rotatable bonds is 12. The maximum absolute atomic E-state index is 13.1. The van der Waals surface area contributed by atoms with Crippen LogP contribution in [0.25, 0.3) is 0 Å². The lowest BCUT2D eigenvalue weighted by atomic mass is 10.1. The van der Waals surface area contributed by atoms with Gasteiger partial charge in [0.05, 0.1) is 4.90 Å². The Morgan fingerprint density at radius 3 is 2.36 bits per heavy atom. The molecule has 2 N–H and O–H groups in total. The minimum absolute atomic E-state index is 0.0496. The summed E-state index contributed by atoms with van der Waals surface area (Å²) < 4.78 is 27.3. The minimum atomic E-state index is -3.50. The fourth-order valence-corrected chi connectivity index (χ4v) is 4.71. The summed E-state index contributed by atoms with van der Waals surface area (Å²) >= 11 is 0. The topological polar surface area (TPSA) is 95.6 Å². The van der Waals surface area contributed by atoms with E-state index in [1.807, 2.05) is 30.3 Å². The third-order valence-corrected chi connectivity index (χ3v) is 7.08. The van der Waals surface area contributed by atoms with Gasteiger partial charge in [-0.25, -0.2) is 13.1 Å². The van der Waals surface area contributed by atoms with E-state index in [-0.39, 0.29) is 29.2 Å². The molecule has 176 valence electrons. The Balaban J connectivity index is 1.65. The highest BCUT2D eigenvalue weighted by Gasteiger charge is 2.28. The lowest BCUT2D eigenvalue weighted by molar-refractivity contribution is -0.140. The van der Waals surface area contributed by atoms with Crippen molar-refractivity contribution in [3.63, 3.8) is 0 Å². The van der Waals surface area contributed by atoms with E-state index in [1.165, 1.54) is 0 Å². The fraction of sp³-hybridized carbons (Fsp3) is 0.360. The van der Waals surface area contributed by atoms with E-state index in [1.54, 1.807) is 42.2 Å². The second kappa shape index (κ2) is 11.2. The van der Waals surface area contributed by atoms with Crippen molar-refractivity contribution in [2.24, 2.45) is 0 Å². The van der Waals surface area contributed by atoms with Crippen molar-refractivity contribution in [3.05, 3.63) is 78.4 Å². The Kier molecular flexibility index (Phi) is 8.41. The number of amides is 2. The second-order valence-electron chi connectivity index (χ2n) is 8.26. The summed E-state index contributed by atoms with van der Waals surface area (Å²) in [7, 11) is -3.50. The van der Waals surface area contributed by atoms with Crippen molar-refractivity contribution >= 4 is 21.8 Å². The number of hydrogen-bond donors (Lipinski definition) is 2. The van der Waals surface area contributed by atoms with Crippen LogP contribution in [-0.2, 0) is 32.6 Å². The van der Waals surface area contributed by atoms with Crippen LogP contribution in [0, 0.1) is 0 Å². The first-order valence-corrected chi connectivity index (χ1v) is 12.6. The van der Waals surface area contributed by atoms with Gasteiger partial charge in [-0.2, -0.15) is 0 Å². The van der Waals surface area contributed by atoms with Crippen molar-refractivity contribution in [3.8, 4) is 0 Å². The predicted molar refractivity (Wildman–Crippen MR) is 128 cm³/mol. The SMILES string of the molecule is C=CCNC(=O)[C@@H](C)N(Cc1ccccc1)C(=O)CCc1ccc(S(=O)(=O)NC2CC2)cc1. The summed E-state index contributed by atoms with van der Waals surface area (Å²) in [4.78, 5) is 27.4. The Hall–Kier alpha value is -2.97. The van der Waals surface area contributed by atoms with Crippen LogP contribution in [0.3, 0.4) is 0 Å². The van der Waals surface area contributed by atoms with Gasteiger partial charge in [-0.1, -0.05) is 48.5 Å². The smallest absolute Gasteiger partial charge is 0.242 e. The molecule has 0 saturated heterocycles. The molecule has 0 aromatic heterocycles. The van der Waals surface area contributed by atoms with Crippen LogP contribution in [-0.4, -0.2) is 43.8 Å². The van der Waals surface area contributed by atoms with Crippen LogP contribution in [0.1, 0.15) is 37.3 Å². The van der Waals surface area contributed by atoms with Crippen molar-refractivity contribution in [2.75, 3.05) is 6.54 Å². The van der Waals surface area contributed by atoms with Gasteiger partial charge in [0.1, 0.15) is 6.04 Å². The molecular formula is C25H31N3O4S. The molecule has 0 heterocycles. The number of sulfonamides is 1. The number of carbonyl (C=O) groups is 2. The van der Waals surface area contributed by atoms with Gasteiger partial charge in [0.2, 0.25) is 21.8 Å². The summed E-state index contributed by atoms with van der Waals surface area (Å²) in [6.45, 7) is 5.98. The van der Waals surface area contributed by atoms with Gasteiger partial charge in [0.25, 0.3) is 0 Å². The van der Waals surface area contributed by atoms with E-state index < -0.39 is 16.1 Å². The molecule has 1 aliphatic rings. The molecule has 3 rings (SSSR count). The van der Waals surface area contributed by atoms with Crippen LogP contribution in [0.4, 0.5) is 0 Å². The van der Waals surface area contributed by atoms with Gasteiger partial charge in [-0.05, 0) is 49.4 Å². The number of nitrogens with one attached hydrogen (secondary N) is 2. The molecule has 1 aliphatic carbocycles.